The Labute approximate surface area is 185 Å². The molecule has 4 nitrogen and oxygen atoms in total. The third-order valence-corrected chi connectivity index (χ3v) is 5.66. The first-order chi connectivity index (χ1) is 15.3. The Morgan fingerprint density at radius 2 is 1.56 bits per heavy atom. The Bertz CT molecular complexity index is 1280. The van der Waals surface area contributed by atoms with E-state index >= 15 is 0 Å². The molecule has 0 bridgehead atoms. The molecule has 6 heteroatoms. The SMILES string of the molecule is Cc1nn2c(C(C)C)c(C(=O)N[C@H](C)c3ccccc3)ccc2c1-c1c(F)cccc1F. The van der Waals surface area contributed by atoms with Gasteiger partial charge in [0.05, 0.1) is 34.1 Å². The predicted octanol–water partition coefficient (Wildman–Crippen LogP) is 6.20. The molecule has 1 N–H and O–H groups in total. The van der Waals surface area contributed by atoms with Gasteiger partial charge in [-0.25, -0.2) is 13.3 Å². The van der Waals surface area contributed by atoms with E-state index in [-0.39, 0.29) is 23.4 Å². The second-order valence-corrected chi connectivity index (χ2v) is 8.25. The Hall–Kier alpha value is -3.54. The van der Waals surface area contributed by atoms with Crippen LogP contribution in [-0.2, 0) is 0 Å². The van der Waals surface area contributed by atoms with Gasteiger partial charge in [0, 0.05) is 5.56 Å². The lowest BCUT2D eigenvalue weighted by atomic mass is 9.99. The number of hydrogen-bond acceptors (Lipinski definition) is 2. The van der Waals surface area contributed by atoms with Crippen LogP contribution in [0.2, 0.25) is 0 Å². The summed E-state index contributed by atoms with van der Waals surface area (Å²) in [4.78, 5) is 13.2. The summed E-state index contributed by atoms with van der Waals surface area (Å²) >= 11 is 0. The lowest BCUT2D eigenvalue weighted by molar-refractivity contribution is 0.0937. The summed E-state index contributed by atoms with van der Waals surface area (Å²) in [7, 11) is 0. The maximum atomic E-state index is 14.6. The van der Waals surface area contributed by atoms with Crippen LogP contribution in [-0.4, -0.2) is 15.5 Å². The van der Waals surface area contributed by atoms with Gasteiger partial charge in [-0.1, -0.05) is 50.2 Å². The smallest absolute Gasteiger partial charge is 0.253 e. The average molecular weight is 434 g/mol. The topological polar surface area (TPSA) is 46.4 Å². The van der Waals surface area contributed by atoms with Crippen molar-refractivity contribution in [3.8, 4) is 11.1 Å². The van der Waals surface area contributed by atoms with Crippen molar-refractivity contribution in [1.29, 1.82) is 0 Å². The number of pyridine rings is 1. The lowest BCUT2D eigenvalue weighted by Crippen LogP contribution is -2.28. The van der Waals surface area contributed by atoms with Gasteiger partial charge < -0.3 is 5.32 Å². The number of rotatable bonds is 5. The van der Waals surface area contributed by atoms with Crippen LogP contribution in [0.4, 0.5) is 8.78 Å². The molecule has 0 aliphatic rings. The molecular weight excluding hydrogens is 408 g/mol. The van der Waals surface area contributed by atoms with E-state index < -0.39 is 11.6 Å². The van der Waals surface area contributed by atoms with E-state index in [1.54, 1.807) is 23.6 Å². The molecule has 0 radical (unpaired) electrons. The van der Waals surface area contributed by atoms with Crippen LogP contribution < -0.4 is 5.32 Å². The van der Waals surface area contributed by atoms with Crippen molar-refractivity contribution < 1.29 is 13.6 Å². The average Bonchev–Trinajstić information content (AvgIpc) is 3.09. The number of aromatic nitrogens is 2. The summed E-state index contributed by atoms with van der Waals surface area (Å²) in [6.45, 7) is 7.58. The molecule has 2 heterocycles. The Morgan fingerprint density at radius 3 is 2.19 bits per heavy atom. The zero-order valence-electron chi connectivity index (χ0n) is 18.5. The molecule has 0 saturated heterocycles. The molecule has 0 aliphatic heterocycles. The summed E-state index contributed by atoms with van der Waals surface area (Å²) in [6.07, 6.45) is 0. The maximum absolute atomic E-state index is 14.6. The van der Waals surface area contributed by atoms with Crippen molar-refractivity contribution in [3.63, 3.8) is 0 Å². The fourth-order valence-corrected chi connectivity index (χ4v) is 4.14. The molecule has 0 saturated carbocycles. The highest BCUT2D eigenvalue weighted by molar-refractivity contribution is 5.97. The van der Waals surface area contributed by atoms with Crippen molar-refractivity contribution in [2.24, 2.45) is 0 Å². The fourth-order valence-electron chi connectivity index (χ4n) is 4.14. The van der Waals surface area contributed by atoms with Crippen LogP contribution in [0.5, 0.6) is 0 Å². The van der Waals surface area contributed by atoms with E-state index in [0.717, 1.165) is 5.56 Å². The molecule has 32 heavy (non-hydrogen) atoms. The number of hydrogen-bond donors (Lipinski definition) is 1. The number of amides is 1. The first kappa shape index (κ1) is 21.7. The maximum Gasteiger partial charge on any atom is 0.253 e. The summed E-state index contributed by atoms with van der Waals surface area (Å²) in [5.41, 5.74) is 3.51. The minimum atomic E-state index is -0.646. The molecule has 1 atom stereocenters. The van der Waals surface area contributed by atoms with Gasteiger partial charge in [-0.3, -0.25) is 4.79 Å². The standard InChI is InChI=1S/C26H25F2N3O/c1-15(2)25-19(26(32)29-16(3)18-9-6-5-7-10-18)13-14-22-23(17(4)30-31(22)25)24-20(27)11-8-12-21(24)28/h5-16H,1-4H3,(H,29,32)/t16-/m1/s1. The van der Waals surface area contributed by atoms with Crippen molar-refractivity contribution in [3.05, 3.63) is 94.8 Å². The predicted molar refractivity (Wildman–Crippen MR) is 122 cm³/mol. The number of carbonyl (C=O) groups excluding carboxylic acids is 1. The quantitative estimate of drug-likeness (QED) is 0.407. The van der Waals surface area contributed by atoms with Gasteiger partial charge in [0.25, 0.3) is 5.91 Å². The van der Waals surface area contributed by atoms with E-state index in [4.69, 9.17) is 0 Å². The number of aryl methyl sites for hydroxylation is 1. The van der Waals surface area contributed by atoms with Gasteiger partial charge >= 0.3 is 0 Å². The Morgan fingerprint density at radius 1 is 0.906 bits per heavy atom. The van der Waals surface area contributed by atoms with E-state index in [9.17, 15) is 13.6 Å². The minimum Gasteiger partial charge on any atom is -0.345 e. The van der Waals surface area contributed by atoms with Crippen LogP contribution in [0.3, 0.4) is 0 Å². The number of carbonyl (C=O) groups is 1. The van der Waals surface area contributed by atoms with Crippen molar-refractivity contribution in [2.75, 3.05) is 0 Å². The van der Waals surface area contributed by atoms with E-state index in [1.165, 1.54) is 18.2 Å². The van der Waals surface area contributed by atoms with Crippen molar-refractivity contribution >= 4 is 11.4 Å². The molecule has 164 valence electrons. The molecule has 4 aromatic rings. The van der Waals surface area contributed by atoms with Crippen LogP contribution >= 0.6 is 0 Å². The second-order valence-electron chi connectivity index (χ2n) is 8.25. The second kappa shape index (κ2) is 8.54. The molecule has 1 amide bonds. The van der Waals surface area contributed by atoms with Crippen LogP contribution in [0.1, 0.15) is 60.0 Å². The van der Waals surface area contributed by atoms with Gasteiger partial charge in [0.1, 0.15) is 11.6 Å². The van der Waals surface area contributed by atoms with Crippen molar-refractivity contribution in [1.82, 2.24) is 14.9 Å². The first-order valence-electron chi connectivity index (χ1n) is 10.6. The highest BCUT2D eigenvalue weighted by Gasteiger charge is 2.24. The highest BCUT2D eigenvalue weighted by Crippen LogP contribution is 2.35. The van der Waals surface area contributed by atoms with E-state index in [0.29, 0.717) is 28.0 Å². The molecule has 0 aliphatic carbocycles. The third-order valence-electron chi connectivity index (χ3n) is 5.66. The van der Waals surface area contributed by atoms with E-state index in [1.807, 2.05) is 51.1 Å². The number of halogens is 2. The van der Waals surface area contributed by atoms with Crippen LogP contribution in [0.25, 0.3) is 16.6 Å². The van der Waals surface area contributed by atoms with Gasteiger partial charge in [0.2, 0.25) is 0 Å². The zero-order valence-corrected chi connectivity index (χ0v) is 18.5. The Kier molecular flexibility index (Phi) is 5.78. The number of fused-ring (bicyclic) bond motifs is 1. The largest absolute Gasteiger partial charge is 0.345 e. The summed E-state index contributed by atoms with van der Waals surface area (Å²) < 4.78 is 30.7. The van der Waals surface area contributed by atoms with Gasteiger partial charge in [-0.2, -0.15) is 5.10 Å². The summed E-state index contributed by atoms with van der Waals surface area (Å²) in [6, 6.07) is 16.8. The number of nitrogens with one attached hydrogen (secondary N) is 1. The molecule has 0 spiro atoms. The molecule has 2 aromatic heterocycles. The van der Waals surface area contributed by atoms with Gasteiger partial charge in [0.15, 0.2) is 0 Å². The van der Waals surface area contributed by atoms with Crippen molar-refractivity contribution in [2.45, 2.75) is 39.7 Å². The summed E-state index contributed by atoms with van der Waals surface area (Å²) in [5, 5.41) is 7.62. The third kappa shape index (κ3) is 3.77. The fraction of sp³-hybridized carbons (Fsp3) is 0.231. The van der Waals surface area contributed by atoms with Crippen LogP contribution in [0.15, 0.2) is 60.7 Å². The van der Waals surface area contributed by atoms with E-state index in [2.05, 4.69) is 10.4 Å². The number of benzene rings is 2. The normalized spacial score (nSPS) is 12.3. The summed E-state index contributed by atoms with van der Waals surface area (Å²) in [5.74, 6) is -1.57. The van der Waals surface area contributed by atoms with Crippen LogP contribution in [0, 0.1) is 18.6 Å². The molecular formula is C26H25F2N3O. The first-order valence-corrected chi connectivity index (χ1v) is 10.6. The van der Waals surface area contributed by atoms with Gasteiger partial charge in [-0.05, 0) is 49.6 Å². The minimum absolute atomic E-state index is 0.0518. The lowest BCUT2D eigenvalue weighted by Gasteiger charge is -2.18. The molecule has 2 aromatic carbocycles. The Balaban J connectivity index is 1.83. The van der Waals surface area contributed by atoms with Gasteiger partial charge in [-0.15, -0.1) is 0 Å². The molecule has 4 rings (SSSR count). The zero-order chi connectivity index (χ0) is 23.0. The number of nitrogens with zero attached hydrogens (tertiary/aromatic N) is 2. The molecule has 0 fully saturated rings. The monoisotopic (exact) mass is 433 g/mol. The highest BCUT2D eigenvalue weighted by atomic mass is 19.1. The molecule has 0 unspecified atom stereocenters.